The molecular formula is C17H27ClN2O. The van der Waals surface area contributed by atoms with Crippen LogP contribution in [0.15, 0.2) is 18.2 Å². The molecule has 3 nitrogen and oxygen atoms in total. The minimum atomic E-state index is -0.299. The van der Waals surface area contributed by atoms with Gasteiger partial charge in [-0.05, 0) is 29.0 Å². The van der Waals surface area contributed by atoms with Crippen LogP contribution < -0.4 is 10.6 Å². The first kappa shape index (κ1) is 18.0. The number of fused-ring (bicyclic) bond motifs is 1. The quantitative estimate of drug-likeness (QED) is 0.875. The topological polar surface area (TPSA) is 41.1 Å². The van der Waals surface area contributed by atoms with E-state index >= 15 is 0 Å². The molecule has 1 amide bonds. The SMILES string of the molecule is CC(C)CC(C)(C)C(=O)NCc1ccc2c(c1)CNC2.Cl. The Hall–Kier alpha value is -1.06. The van der Waals surface area contributed by atoms with Crippen molar-refractivity contribution in [1.29, 1.82) is 0 Å². The fraction of sp³-hybridized carbons (Fsp3) is 0.588. The van der Waals surface area contributed by atoms with Crippen LogP contribution in [-0.4, -0.2) is 5.91 Å². The van der Waals surface area contributed by atoms with E-state index in [-0.39, 0.29) is 23.7 Å². The molecule has 0 saturated heterocycles. The second kappa shape index (κ2) is 7.28. The highest BCUT2D eigenvalue weighted by atomic mass is 35.5. The summed E-state index contributed by atoms with van der Waals surface area (Å²) in [5, 5.41) is 6.41. The third-order valence-corrected chi connectivity index (χ3v) is 3.89. The van der Waals surface area contributed by atoms with Crippen LogP contribution in [-0.2, 0) is 24.4 Å². The predicted molar refractivity (Wildman–Crippen MR) is 89.3 cm³/mol. The maximum atomic E-state index is 12.3. The van der Waals surface area contributed by atoms with Gasteiger partial charge in [-0.3, -0.25) is 4.79 Å². The molecule has 1 aromatic carbocycles. The number of amides is 1. The Morgan fingerprint density at radius 3 is 2.62 bits per heavy atom. The number of halogens is 1. The van der Waals surface area contributed by atoms with E-state index in [2.05, 4.69) is 42.7 Å². The Balaban J connectivity index is 0.00000220. The standard InChI is InChI=1S/C17H26N2O.ClH/c1-12(2)8-17(3,4)16(20)19-9-13-5-6-14-10-18-11-15(14)7-13;/h5-7,12,18H,8-11H2,1-4H3,(H,19,20);1H. The maximum Gasteiger partial charge on any atom is 0.225 e. The van der Waals surface area contributed by atoms with Gasteiger partial charge in [-0.15, -0.1) is 12.4 Å². The Labute approximate surface area is 134 Å². The molecule has 1 aliphatic heterocycles. The molecule has 0 aliphatic carbocycles. The summed E-state index contributed by atoms with van der Waals surface area (Å²) >= 11 is 0. The normalized spacial score (nSPS) is 13.8. The highest BCUT2D eigenvalue weighted by Gasteiger charge is 2.28. The number of benzene rings is 1. The molecule has 0 radical (unpaired) electrons. The molecule has 2 rings (SSSR count). The van der Waals surface area contributed by atoms with Gasteiger partial charge < -0.3 is 10.6 Å². The first-order valence-corrected chi connectivity index (χ1v) is 7.48. The number of hydrogen-bond acceptors (Lipinski definition) is 2. The minimum absolute atomic E-state index is 0. The molecule has 0 unspecified atom stereocenters. The Kier molecular flexibility index (Phi) is 6.24. The van der Waals surface area contributed by atoms with Crippen LogP contribution in [0.2, 0.25) is 0 Å². The molecule has 0 aromatic heterocycles. The largest absolute Gasteiger partial charge is 0.352 e. The van der Waals surface area contributed by atoms with Crippen molar-refractivity contribution in [2.24, 2.45) is 11.3 Å². The highest BCUT2D eigenvalue weighted by Crippen LogP contribution is 2.25. The second-order valence-corrected chi connectivity index (χ2v) is 6.87. The van der Waals surface area contributed by atoms with Crippen LogP contribution in [0.5, 0.6) is 0 Å². The summed E-state index contributed by atoms with van der Waals surface area (Å²) in [4.78, 5) is 12.3. The zero-order chi connectivity index (χ0) is 14.8. The lowest BCUT2D eigenvalue weighted by Crippen LogP contribution is -2.37. The average Bonchev–Trinajstić information content (AvgIpc) is 2.81. The van der Waals surface area contributed by atoms with Crippen molar-refractivity contribution >= 4 is 18.3 Å². The molecule has 118 valence electrons. The molecule has 1 aliphatic rings. The summed E-state index contributed by atoms with van der Waals surface area (Å²) in [5.74, 6) is 0.673. The molecular weight excluding hydrogens is 284 g/mol. The molecule has 0 fully saturated rings. The van der Waals surface area contributed by atoms with Gasteiger partial charge in [0.05, 0.1) is 0 Å². The van der Waals surface area contributed by atoms with Crippen molar-refractivity contribution in [3.8, 4) is 0 Å². The smallest absolute Gasteiger partial charge is 0.225 e. The van der Waals surface area contributed by atoms with Crippen LogP contribution in [0.1, 0.15) is 50.8 Å². The number of carbonyl (C=O) groups is 1. The van der Waals surface area contributed by atoms with Gasteiger partial charge in [-0.1, -0.05) is 45.9 Å². The van der Waals surface area contributed by atoms with Crippen LogP contribution >= 0.6 is 12.4 Å². The van der Waals surface area contributed by atoms with Gasteiger partial charge in [0.25, 0.3) is 0 Å². The van der Waals surface area contributed by atoms with Gasteiger partial charge in [-0.25, -0.2) is 0 Å². The minimum Gasteiger partial charge on any atom is -0.352 e. The number of hydrogen-bond donors (Lipinski definition) is 2. The molecule has 21 heavy (non-hydrogen) atoms. The van der Waals surface area contributed by atoms with Crippen molar-refractivity contribution < 1.29 is 4.79 Å². The van der Waals surface area contributed by atoms with E-state index in [0.717, 1.165) is 19.5 Å². The van der Waals surface area contributed by atoms with Crippen molar-refractivity contribution in [3.05, 3.63) is 34.9 Å². The van der Waals surface area contributed by atoms with Gasteiger partial charge in [0.1, 0.15) is 0 Å². The Morgan fingerprint density at radius 2 is 1.95 bits per heavy atom. The maximum absolute atomic E-state index is 12.3. The molecule has 1 aromatic rings. The summed E-state index contributed by atoms with van der Waals surface area (Å²) < 4.78 is 0. The van der Waals surface area contributed by atoms with E-state index in [4.69, 9.17) is 0 Å². The summed E-state index contributed by atoms with van der Waals surface area (Å²) in [6.07, 6.45) is 0.910. The molecule has 1 heterocycles. The average molecular weight is 311 g/mol. The summed E-state index contributed by atoms with van der Waals surface area (Å²) in [6.45, 7) is 10.9. The number of rotatable bonds is 5. The third-order valence-electron chi connectivity index (χ3n) is 3.89. The molecule has 4 heteroatoms. The lowest BCUT2D eigenvalue weighted by molar-refractivity contribution is -0.130. The lowest BCUT2D eigenvalue weighted by atomic mass is 9.83. The van der Waals surface area contributed by atoms with Gasteiger partial charge in [0.2, 0.25) is 5.91 Å². The van der Waals surface area contributed by atoms with Gasteiger partial charge in [0.15, 0.2) is 0 Å². The van der Waals surface area contributed by atoms with Crippen molar-refractivity contribution in [3.63, 3.8) is 0 Å². The Bertz CT molecular complexity index is 498. The summed E-state index contributed by atoms with van der Waals surface area (Å²) in [6, 6.07) is 6.47. The van der Waals surface area contributed by atoms with Crippen LogP contribution in [0.3, 0.4) is 0 Å². The summed E-state index contributed by atoms with van der Waals surface area (Å²) in [5.41, 5.74) is 3.62. The van der Waals surface area contributed by atoms with Gasteiger partial charge in [-0.2, -0.15) is 0 Å². The van der Waals surface area contributed by atoms with Crippen LogP contribution in [0.25, 0.3) is 0 Å². The van der Waals surface area contributed by atoms with Crippen LogP contribution in [0.4, 0.5) is 0 Å². The van der Waals surface area contributed by atoms with Crippen molar-refractivity contribution in [1.82, 2.24) is 10.6 Å². The zero-order valence-electron chi connectivity index (χ0n) is 13.5. The van der Waals surface area contributed by atoms with E-state index in [9.17, 15) is 4.79 Å². The highest BCUT2D eigenvalue weighted by molar-refractivity contribution is 5.85. The van der Waals surface area contributed by atoms with E-state index in [1.807, 2.05) is 13.8 Å². The van der Waals surface area contributed by atoms with Crippen LogP contribution in [0, 0.1) is 11.3 Å². The fourth-order valence-electron chi connectivity index (χ4n) is 2.99. The van der Waals surface area contributed by atoms with Gasteiger partial charge >= 0.3 is 0 Å². The fourth-order valence-corrected chi connectivity index (χ4v) is 2.99. The third kappa shape index (κ3) is 4.72. The van der Waals surface area contributed by atoms with E-state index in [1.165, 1.54) is 16.7 Å². The van der Waals surface area contributed by atoms with Crippen molar-refractivity contribution in [2.45, 2.75) is 53.8 Å². The summed E-state index contributed by atoms with van der Waals surface area (Å²) in [7, 11) is 0. The first-order chi connectivity index (χ1) is 9.38. The molecule has 0 bridgehead atoms. The number of carbonyl (C=O) groups excluding carboxylic acids is 1. The van der Waals surface area contributed by atoms with Crippen molar-refractivity contribution in [2.75, 3.05) is 0 Å². The van der Waals surface area contributed by atoms with E-state index in [0.29, 0.717) is 12.5 Å². The zero-order valence-corrected chi connectivity index (χ0v) is 14.3. The monoisotopic (exact) mass is 310 g/mol. The molecule has 2 N–H and O–H groups in total. The van der Waals surface area contributed by atoms with Gasteiger partial charge in [0, 0.05) is 25.0 Å². The first-order valence-electron chi connectivity index (χ1n) is 7.48. The molecule has 0 spiro atoms. The lowest BCUT2D eigenvalue weighted by Gasteiger charge is -2.25. The predicted octanol–water partition coefficient (Wildman–Crippen LogP) is 3.40. The molecule has 0 atom stereocenters. The molecule has 0 saturated carbocycles. The number of nitrogens with one attached hydrogen (secondary N) is 2. The van der Waals surface area contributed by atoms with E-state index in [1.54, 1.807) is 0 Å². The van der Waals surface area contributed by atoms with E-state index < -0.39 is 0 Å². The Morgan fingerprint density at radius 1 is 1.29 bits per heavy atom. The second-order valence-electron chi connectivity index (χ2n) is 6.87.